The highest BCUT2D eigenvalue weighted by molar-refractivity contribution is 7.89. The number of aryl methyl sites for hydroxylation is 1. The molecule has 1 amide bonds. The van der Waals surface area contributed by atoms with Gasteiger partial charge >= 0.3 is 0 Å². The highest BCUT2D eigenvalue weighted by Gasteiger charge is 2.33. The zero-order chi connectivity index (χ0) is 18.7. The molecule has 9 heteroatoms. The number of nitrogens with zero attached hydrogens (tertiary/aromatic N) is 3. The van der Waals surface area contributed by atoms with Crippen molar-refractivity contribution >= 4 is 21.6 Å². The van der Waals surface area contributed by atoms with Crippen LogP contribution in [0.25, 0.3) is 0 Å². The van der Waals surface area contributed by atoms with E-state index in [2.05, 4.69) is 10.4 Å². The molecule has 1 aromatic carbocycles. The van der Waals surface area contributed by atoms with Crippen molar-refractivity contribution in [2.75, 3.05) is 25.5 Å². The second-order valence-corrected chi connectivity index (χ2v) is 8.02. The van der Waals surface area contributed by atoms with E-state index in [0.29, 0.717) is 24.5 Å². The van der Waals surface area contributed by atoms with Crippen molar-refractivity contribution in [1.29, 1.82) is 0 Å². The monoisotopic (exact) mass is 378 g/mol. The van der Waals surface area contributed by atoms with Gasteiger partial charge in [0.15, 0.2) is 0 Å². The molecule has 2 heterocycles. The van der Waals surface area contributed by atoms with Gasteiger partial charge in [-0.05, 0) is 37.1 Å². The molecule has 3 rings (SSSR count). The Kier molecular flexibility index (Phi) is 5.28. The summed E-state index contributed by atoms with van der Waals surface area (Å²) in [4.78, 5) is 12.7. The molecule has 1 N–H and O–H groups in total. The average molecular weight is 378 g/mol. The van der Waals surface area contributed by atoms with Gasteiger partial charge in [-0.15, -0.1) is 0 Å². The second kappa shape index (κ2) is 7.46. The number of sulfonamides is 1. The normalized spacial score (nSPS) is 15.6. The lowest BCUT2D eigenvalue weighted by Crippen LogP contribution is -2.36. The fourth-order valence-electron chi connectivity index (χ4n) is 2.91. The van der Waals surface area contributed by atoms with E-state index in [4.69, 9.17) is 4.74 Å². The van der Waals surface area contributed by atoms with Gasteiger partial charge in [0.2, 0.25) is 5.03 Å². The first-order chi connectivity index (χ1) is 12.4. The average Bonchev–Trinajstić information content (AvgIpc) is 3.06. The number of methoxy groups -OCH3 is 1. The van der Waals surface area contributed by atoms with E-state index in [1.807, 2.05) is 0 Å². The van der Waals surface area contributed by atoms with Gasteiger partial charge in [-0.3, -0.25) is 9.48 Å². The van der Waals surface area contributed by atoms with Crippen molar-refractivity contribution in [3.05, 3.63) is 36.0 Å². The van der Waals surface area contributed by atoms with Crippen LogP contribution in [0.2, 0.25) is 0 Å². The molecule has 2 aromatic rings. The lowest BCUT2D eigenvalue weighted by atomic mass is 10.2. The molecule has 0 saturated carbocycles. The van der Waals surface area contributed by atoms with Gasteiger partial charge in [0.05, 0.1) is 12.7 Å². The van der Waals surface area contributed by atoms with Crippen molar-refractivity contribution in [2.45, 2.75) is 24.3 Å². The van der Waals surface area contributed by atoms with Crippen LogP contribution in [-0.2, 0) is 17.1 Å². The minimum Gasteiger partial charge on any atom is -0.497 e. The Hall–Kier alpha value is -2.39. The summed E-state index contributed by atoms with van der Waals surface area (Å²) in [6, 6.07) is 6.80. The molecule has 0 bridgehead atoms. The number of ether oxygens (including phenoxy) is 1. The van der Waals surface area contributed by atoms with Crippen LogP contribution in [0.4, 0.5) is 5.69 Å². The number of carbonyl (C=O) groups excluding carboxylic acids is 1. The molecule has 0 atom stereocenters. The molecule has 0 spiro atoms. The van der Waals surface area contributed by atoms with Crippen molar-refractivity contribution in [1.82, 2.24) is 14.1 Å². The smallest absolute Gasteiger partial charge is 0.263 e. The molecule has 0 aliphatic carbocycles. The summed E-state index contributed by atoms with van der Waals surface area (Å²) in [6.07, 6.45) is 4.08. The van der Waals surface area contributed by atoms with E-state index in [1.54, 1.807) is 38.4 Å². The molecule has 0 unspecified atom stereocenters. The largest absolute Gasteiger partial charge is 0.497 e. The van der Waals surface area contributed by atoms with E-state index in [-0.39, 0.29) is 10.6 Å². The molecule has 8 nitrogen and oxygen atoms in total. The first kappa shape index (κ1) is 18.4. The third-order valence-corrected chi connectivity index (χ3v) is 6.12. The van der Waals surface area contributed by atoms with E-state index in [9.17, 15) is 13.2 Å². The number of rotatable bonds is 5. The summed E-state index contributed by atoms with van der Waals surface area (Å²) < 4.78 is 33.7. The number of anilines is 1. The quantitative estimate of drug-likeness (QED) is 0.857. The maximum absolute atomic E-state index is 12.9. The predicted molar refractivity (Wildman–Crippen MR) is 96.8 cm³/mol. The summed E-state index contributed by atoms with van der Waals surface area (Å²) in [7, 11) is -0.646. The van der Waals surface area contributed by atoms with Crippen LogP contribution in [0.1, 0.15) is 29.6 Å². The minimum absolute atomic E-state index is 0.0360. The molecular weight excluding hydrogens is 356 g/mol. The topological polar surface area (TPSA) is 93.5 Å². The van der Waals surface area contributed by atoms with Gasteiger partial charge in [-0.2, -0.15) is 9.40 Å². The van der Waals surface area contributed by atoms with Gasteiger partial charge < -0.3 is 10.1 Å². The molecule has 1 aromatic heterocycles. The fourth-order valence-corrected chi connectivity index (χ4v) is 4.55. The molecule has 26 heavy (non-hydrogen) atoms. The minimum atomic E-state index is -3.80. The number of nitrogens with one attached hydrogen (secondary N) is 1. The zero-order valence-electron chi connectivity index (χ0n) is 14.8. The number of amides is 1. The number of piperidine rings is 1. The third kappa shape index (κ3) is 3.73. The van der Waals surface area contributed by atoms with Crippen LogP contribution in [-0.4, -0.2) is 48.6 Å². The van der Waals surface area contributed by atoms with Crippen LogP contribution >= 0.6 is 0 Å². The Morgan fingerprint density at radius 2 is 1.81 bits per heavy atom. The Bertz CT molecular complexity index is 884. The Morgan fingerprint density at radius 1 is 1.15 bits per heavy atom. The first-order valence-corrected chi connectivity index (χ1v) is 9.85. The summed E-state index contributed by atoms with van der Waals surface area (Å²) >= 11 is 0. The number of carbonyl (C=O) groups is 1. The van der Waals surface area contributed by atoms with Crippen LogP contribution in [0.15, 0.2) is 35.5 Å². The number of benzene rings is 1. The molecule has 1 saturated heterocycles. The van der Waals surface area contributed by atoms with Gasteiger partial charge in [-0.25, -0.2) is 8.42 Å². The number of aromatic nitrogens is 2. The first-order valence-electron chi connectivity index (χ1n) is 8.41. The Labute approximate surface area is 152 Å². The van der Waals surface area contributed by atoms with Gasteiger partial charge in [-0.1, -0.05) is 6.42 Å². The lowest BCUT2D eigenvalue weighted by molar-refractivity contribution is 0.102. The van der Waals surface area contributed by atoms with E-state index in [0.717, 1.165) is 19.3 Å². The zero-order valence-corrected chi connectivity index (χ0v) is 15.6. The summed E-state index contributed by atoms with van der Waals surface area (Å²) in [5, 5.41) is 6.56. The van der Waals surface area contributed by atoms with Gasteiger partial charge in [0, 0.05) is 32.0 Å². The fraction of sp³-hybridized carbons (Fsp3) is 0.412. The van der Waals surface area contributed by atoms with Crippen LogP contribution in [0.5, 0.6) is 5.75 Å². The molecule has 1 aliphatic rings. The van der Waals surface area contributed by atoms with Gasteiger partial charge in [0.25, 0.3) is 15.9 Å². The van der Waals surface area contributed by atoms with Crippen molar-refractivity contribution in [3.63, 3.8) is 0 Å². The van der Waals surface area contributed by atoms with Crippen LogP contribution in [0.3, 0.4) is 0 Å². The number of hydrogen-bond acceptors (Lipinski definition) is 5. The molecule has 0 radical (unpaired) electrons. The Balaban J connectivity index is 1.86. The van der Waals surface area contributed by atoms with Crippen molar-refractivity contribution in [3.8, 4) is 5.75 Å². The molecule has 140 valence electrons. The predicted octanol–water partition coefficient (Wildman–Crippen LogP) is 1.86. The SMILES string of the molecule is COc1ccc(NC(=O)c2cn(C)nc2S(=O)(=O)N2CCCCC2)cc1. The van der Waals surface area contributed by atoms with Crippen molar-refractivity contribution in [2.24, 2.45) is 7.05 Å². The van der Waals surface area contributed by atoms with Crippen LogP contribution < -0.4 is 10.1 Å². The highest BCUT2D eigenvalue weighted by atomic mass is 32.2. The molecule has 1 fully saturated rings. The maximum Gasteiger partial charge on any atom is 0.263 e. The highest BCUT2D eigenvalue weighted by Crippen LogP contribution is 2.23. The molecular formula is C17H22N4O4S. The third-order valence-electron chi connectivity index (χ3n) is 4.29. The van der Waals surface area contributed by atoms with Crippen molar-refractivity contribution < 1.29 is 17.9 Å². The second-order valence-electron chi connectivity index (χ2n) is 6.17. The van der Waals surface area contributed by atoms with E-state index >= 15 is 0 Å². The Morgan fingerprint density at radius 3 is 2.42 bits per heavy atom. The maximum atomic E-state index is 12.9. The standard InChI is InChI=1S/C17H22N4O4S/c1-20-12-15(16(22)18-13-6-8-14(25-2)9-7-13)17(19-20)26(23,24)21-10-4-3-5-11-21/h6-9,12H,3-5,10-11H2,1-2H3,(H,18,22). The lowest BCUT2D eigenvalue weighted by Gasteiger charge is -2.25. The summed E-state index contributed by atoms with van der Waals surface area (Å²) in [5.41, 5.74) is 0.579. The van der Waals surface area contributed by atoms with Crippen LogP contribution in [0, 0.1) is 0 Å². The van der Waals surface area contributed by atoms with E-state index in [1.165, 1.54) is 15.2 Å². The molecule has 1 aliphatic heterocycles. The summed E-state index contributed by atoms with van der Waals surface area (Å²) in [6.45, 7) is 0.914. The number of hydrogen-bond donors (Lipinski definition) is 1. The summed E-state index contributed by atoms with van der Waals surface area (Å²) in [5.74, 6) is 0.150. The van der Waals surface area contributed by atoms with Gasteiger partial charge in [0.1, 0.15) is 5.75 Å². The van der Waals surface area contributed by atoms with E-state index < -0.39 is 15.9 Å².